The van der Waals surface area contributed by atoms with Crippen LogP contribution in [0.2, 0.25) is 5.02 Å². The predicted molar refractivity (Wildman–Crippen MR) is 150 cm³/mol. The summed E-state index contributed by atoms with van der Waals surface area (Å²) >= 11 is 6.44. The molecule has 2 aromatic carbocycles. The number of rotatable bonds is 6. The second kappa shape index (κ2) is 11.2. The van der Waals surface area contributed by atoms with Crippen LogP contribution in [0.5, 0.6) is 5.75 Å². The number of nitrogens with one attached hydrogen (secondary N) is 1. The number of hydrogen-bond donors (Lipinski definition) is 1. The van der Waals surface area contributed by atoms with E-state index in [0.717, 1.165) is 37.2 Å². The molecule has 9 nitrogen and oxygen atoms in total. The molecular formula is C29H26ClF3N6O3. The van der Waals surface area contributed by atoms with Gasteiger partial charge in [0.25, 0.3) is 11.5 Å². The van der Waals surface area contributed by atoms with Crippen molar-refractivity contribution in [3.05, 3.63) is 86.6 Å². The predicted octanol–water partition coefficient (Wildman–Crippen LogP) is 4.87. The lowest BCUT2D eigenvalue weighted by atomic mass is 9.96. The number of nitrogens with zero attached hydrogens (tertiary/aromatic N) is 5. The van der Waals surface area contributed by atoms with Gasteiger partial charge in [-0.05, 0) is 55.2 Å². The first-order chi connectivity index (χ1) is 20.2. The fourth-order valence-corrected chi connectivity index (χ4v) is 5.24. The zero-order valence-electron chi connectivity index (χ0n) is 22.3. The molecule has 2 aromatic heterocycles. The molecule has 218 valence electrons. The normalized spacial score (nSPS) is 16.0. The van der Waals surface area contributed by atoms with Gasteiger partial charge in [-0.2, -0.15) is 18.3 Å². The van der Waals surface area contributed by atoms with E-state index in [1.807, 2.05) is 12.1 Å². The molecule has 1 aliphatic carbocycles. The molecule has 0 radical (unpaired) electrons. The lowest BCUT2D eigenvalue weighted by Crippen LogP contribution is -2.49. The number of aromatic nitrogens is 4. The Balaban J connectivity index is 1.17. The number of carbonyl (C=O) groups is 1. The number of H-pyrrole nitrogens is 1. The first-order valence-electron chi connectivity index (χ1n) is 13.6. The Morgan fingerprint density at radius 3 is 2.43 bits per heavy atom. The minimum absolute atomic E-state index is 0.178. The fraction of sp³-hybridized carbons (Fsp3) is 0.345. The minimum atomic E-state index is -4.51. The topological polar surface area (TPSA) is 104 Å². The van der Waals surface area contributed by atoms with Crippen molar-refractivity contribution in [3.8, 4) is 5.75 Å². The Kier molecular flexibility index (Phi) is 7.48. The van der Waals surface area contributed by atoms with Gasteiger partial charge in [0.05, 0.1) is 33.3 Å². The number of amides is 1. The Labute approximate surface area is 243 Å². The number of hydrogen-bond acceptors (Lipinski definition) is 7. The van der Waals surface area contributed by atoms with E-state index in [1.165, 1.54) is 0 Å². The molecule has 3 heterocycles. The molecular weight excluding hydrogens is 573 g/mol. The standard InChI is InChI=1S/C29H26ClF3N6O3/c30-24-7-4-17(13-25-22-14-20(42-19-2-1-3-19)5-6-21(22)26(40)37-36-25)12-23(24)27(41)38-8-10-39(11-9-38)28-34-15-18(16-35-28)29(31,32)33/h4-7,12,14-16,19H,1-3,8-11,13H2,(H,37,40). The second-order valence-electron chi connectivity index (χ2n) is 10.4. The molecule has 4 aromatic rings. The van der Waals surface area contributed by atoms with E-state index < -0.39 is 11.7 Å². The molecule has 0 atom stereocenters. The number of aromatic amines is 1. The average molecular weight is 599 g/mol. The van der Waals surface area contributed by atoms with Gasteiger partial charge in [0, 0.05) is 50.4 Å². The van der Waals surface area contributed by atoms with Crippen LogP contribution in [0, 0.1) is 0 Å². The summed E-state index contributed by atoms with van der Waals surface area (Å²) in [6.07, 6.45) is 0.709. The number of carbonyl (C=O) groups excluding carboxylic acids is 1. The molecule has 6 rings (SSSR count). The molecule has 2 fully saturated rings. The third-order valence-electron chi connectivity index (χ3n) is 7.64. The van der Waals surface area contributed by atoms with E-state index in [9.17, 15) is 22.8 Å². The Hall–Kier alpha value is -4.19. The smallest absolute Gasteiger partial charge is 0.419 e. The monoisotopic (exact) mass is 598 g/mol. The fourth-order valence-electron chi connectivity index (χ4n) is 5.04. The molecule has 1 amide bonds. The molecule has 13 heteroatoms. The molecule has 2 aliphatic rings. The van der Waals surface area contributed by atoms with E-state index in [-0.39, 0.29) is 23.5 Å². The van der Waals surface area contributed by atoms with Crippen molar-refractivity contribution in [3.63, 3.8) is 0 Å². The maximum absolute atomic E-state index is 13.4. The number of alkyl halides is 3. The summed E-state index contributed by atoms with van der Waals surface area (Å²) in [6, 6.07) is 10.6. The summed E-state index contributed by atoms with van der Waals surface area (Å²) in [4.78, 5) is 37.0. The van der Waals surface area contributed by atoms with Crippen LogP contribution in [0.4, 0.5) is 19.1 Å². The van der Waals surface area contributed by atoms with E-state index in [2.05, 4.69) is 20.2 Å². The Bertz CT molecular complexity index is 1680. The van der Waals surface area contributed by atoms with Crippen molar-refractivity contribution in [1.82, 2.24) is 25.1 Å². The van der Waals surface area contributed by atoms with Crippen molar-refractivity contribution < 1.29 is 22.7 Å². The van der Waals surface area contributed by atoms with Gasteiger partial charge in [0.15, 0.2) is 0 Å². The van der Waals surface area contributed by atoms with Crippen molar-refractivity contribution in [1.29, 1.82) is 0 Å². The van der Waals surface area contributed by atoms with Crippen LogP contribution in [0.25, 0.3) is 10.8 Å². The van der Waals surface area contributed by atoms with Gasteiger partial charge in [-0.25, -0.2) is 15.1 Å². The number of piperazine rings is 1. The van der Waals surface area contributed by atoms with Crippen LogP contribution in [0.15, 0.2) is 53.6 Å². The lowest BCUT2D eigenvalue weighted by Gasteiger charge is -2.35. The molecule has 1 saturated heterocycles. The molecule has 0 spiro atoms. The SMILES string of the molecule is O=C(c1cc(Cc2n[nH]c(=O)c3ccc(OC4CCC4)cc23)ccc1Cl)N1CCN(c2ncc(C(F)(F)F)cn2)CC1. The first kappa shape index (κ1) is 28.0. The molecule has 1 N–H and O–H groups in total. The third-order valence-corrected chi connectivity index (χ3v) is 7.97. The quantitative estimate of drug-likeness (QED) is 0.338. The zero-order chi connectivity index (χ0) is 29.4. The van der Waals surface area contributed by atoms with Gasteiger partial charge < -0.3 is 14.5 Å². The lowest BCUT2D eigenvalue weighted by molar-refractivity contribution is -0.138. The van der Waals surface area contributed by atoms with Crippen LogP contribution in [-0.2, 0) is 12.6 Å². The molecule has 42 heavy (non-hydrogen) atoms. The maximum atomic E-state index is 13.4. The highest BCUT2D eigenvalue weighted by Gasteiger charge is 2.32. The second-order valence-corrected chi connectivity index (χ2v) is 10.8. The Morgan fingerprint density at radius 1 is 1.02 bits per heavy atom. The first-order valence-corrected chi connectivity index (χ1v) is 13.9. The van der Waals surface area contributed by atoms with Gasteiger partial charge in [-0.15, -0.1) is 0 Å². The summed E-state index contributed by atoms with van der Waals surface area (Å²) in [5.41, 5.74) is 0.537. The molecule has 1 aliphatic heterocycles. The van der Waals surface area contributed by atoms with E-state index in [1.54, 1.807) is 34.1 Å². The van der Waals surface area contributed by atoms with Crippen LogP contribution in [0.3, 0.4) is 0 Å². The maximum Gasteiger partial charge on any atom is 0.419 e. The Morgan fingerprint density at radius 2 is 1.76 bits per heavy atom. The van der Waals surface area contributed by atoms with Crippen LogP contribution < -0.4 is 15.2 Å². The average Bonchev–Trinajstić information content (AvgIpc) is 2.97. The molecule has 0 unspecified atom stereocenters. The van der Waals surface area contributed by atoms with Crippen LogP contribution in [-0.4, -0.2) is 63.3 Å². The number of anilines is 1. The minimum Gasteiger partial charge on any atom is -0.490 e. The number of ether oxygens (including phenoxy) is 1. The van der Waals surface area contributed by atoms with Crippen molar-refractivity contribution in [2.45, 2.75) is 38.0 Å². The highest BCUT2D eigenvalue weighted by atomic mass is 35.5. The number of fused-ring (bicyclic) bond motifs is 1. The summed E-state index contributed by atoms with van der Waals surface area (Å²) in [7, 11) is 0. The van der Waals surface area contributed by atoms with Gasteiger partial charge >= 0.3 is 6.18 Å². The number of benzene rings is 2. The molecule has 0 bridgehead atoms. The third kappa shape index (κ3) is 5.76. The highest BCUT2D eigenvalue weighted by Crippen LogP contribution is 2.30. The largest absolute Gasteiger partial charge is 0.490 e. The van der Waals surface area contributed by atoms with Gasteiger partial charge in [0.2, 0.25) is 5.95 Å². The van der Waals surface area contributed by atoms with E-state index in [0.29, 0.717) is 65.4 Å². The van der Waals surface area contributed by atoms with E-state index >= 15 is 0 Å². The van der Waals surface area contributed by atoms with Crippen molar-refractivity contribution >= 4 is 34.2 Å². The summed E-state index contributed by atoms with van der Waals surface area (Å²) < 4.78 is 44.5. The summed E-state index contributed by atoms with van der Waals surface area (Å²) in [6.45, 7) is 1.35. The zero-order valence-corrected chi connectivity index (χ0v) is 23.1. The summed E-state index contributed by atoms with van der Waals surface area (Å²) in [5, 5.41) is 8.33. The van der Waals surface area contributed by atoms with Crippen molar-refractivity contribution in [2.75, 3.05) is 31.1 Å². The highest BCUT2D eigenvalue weighted by molar-refractivity contribution is 6.33. The van der Waals surface area contributed by atoms with Gasteiger partial charge in [-0.1, -0.05) is 17.7 Å². The molecule has 1 saturated carbocycles. The van der Waals surface area contributed by atoms with Crippen LogP contribution >= 0.6 is 11.6 Å². The van der Waals surface area contributed by atoms with Gasteiger partial charge in [0.1, 0.15) is 5.75 Å². The number of halogens is 4. The summed E-state index contributed by atoms with van der Waals surface area (Å²) in [5.74, 6) is 0.607. The van der Waals surface area contributed by atoms with E-state index in [4.69, 9.17) is 16.3 Å². The van der Waals surface area contributed by atoms with Crippen molar-refractivity contribution in [2.24, 2.45) is 0 Å². The van der Waals surface area contributed by atoms with Crippen LogP contribution in [0.1, 0.15) is 46.4 Å². The van der Waals surface area contributed by atoms with Gasteiger partial charge in [-0.3, -0.25) is 9.59 Å².